The van der Waals surface area contributed by atoms with Crippen LogP contribution in [0.5, 0.6) is 0 Å². The van der Waals surface area contributed by atoms with Gasteiger partial charge in [0, 0.05) is 100 Å². The maximum absolute atomic E-state index is 4.07. The van der Waals surface area contributed by atoms with E-state index in [0.717, 1.165) is 10.9 Å². The average molecular weight is 199 g/mol. The molecule has 3 radical (unpaired) electrons. The number of rotatable bonds is 0. The van der Waals surface area contributed by atoms with E-state index in [2.05, 4.69) is 9.97 Å². The molecule has 0 unspecified atom stereocenters. The summed E-state index contributed by atoms with van der Waals surface area (Å²) in [5.41, 5.74) is 0.998. The third-order valence-corrected chi connectivity index (χ3v) is 1.41. The first kappa shape index (κ1) is 17.0. The molecular formula is C8H6N2Na3. The van der Waals surface area contributed by atoms with E-state index >= 15 is 0 Å². The van der Waals surface area contributed by atoms with E-state index in [9.17, 15) is 0 Å². The van der Waals surface area contributed by atoms with Crippen LogP contribution in [0.3, 0.4) is 0 Å². The molecule has 51 valence electrons. The first-order valence-electron chi connectivity index (χ1n) is 3.11. The number of fused-ring (bicyclic) bond motifs is 1. The molecule has 0 saturated heterocycles. The Labute approximate surface area is 144 Å². The van der Waals surface area contributed by atoms with E-state index in [0.29, 0.717) is 0 Å². The van der Waals surface area contributed by atoms with Gasteiger partial charge in [-0.05, 0) is 6.07 Å². The van der Waals surface area contributed by atoms with E-state index < -0.39 is 0 Å². The van der Waals surface area contributed by atoms with Crippen molar-refractivity contribution >= 4 is 99.6 Å². The molecule has 0 aliphatic heterocycles. The van der Waals surface area contributed by atoms with Gasteiger partial charge < -0.3 is 0 Å². The summed E-state index contributed by atoms with van der Waals surface area (Å²) in [6.45, 7) is 0. The van der Waals surface area contributed by atoms with Gasteiger partial charge in [0.1, 0.15) is 6.33 Å². The molecule has 0 spiro atoms. The third kappa shape index (κ3) is 4.74. The Balaban J connectivity index is 0. The molecule has 2 rings (SSSR count). The summed E-state index contributed by atoms with van der Waals surface area (Å²) in [6.07, 6.45) is 3.37. The fraction of sp³-hybridized carbons (Fsp3) is 0. The van der Waals surface area contributed by atoms with Gasteiger partial charge in [-0.2, -0.15) is 0 Å². The quantitative estimate of drug-likeness (QED) is 0.577. The molecule has 5 heteroatoms. The van der Waals surface area contributed by atoms with Crippen LogP contribution in [0.15, 0.2) is 36.8 Å². The molecule has 1 aromatic heterocycles. The summed E-state index contributed by atoms with van der Waals surface area (Å²) >= 11 is 0. The van der Waals surface area contributed by atoms with Gasteiger partial charge in [-0.15, -0.1) is 0 Å². The number of aromatic nitrogens is 2. The van der Waals surface area contributed by atoms with Gasteiger partial charge >= 0.3 is 0 Å². The van der Waals surface area contributed by atoms with E-state index in [1.807, 2.05) is 30.5 Å². The van der Waals surface area contributed by atoms with Gasteiger partial charge in [-0.1, -0.05) is 18.2 Å². The molecule has 0 atom stereocenters. The largest absolute Gasteiger partial charge is 0.244 e. The van der Waals surface area contributed by atoms with Crippen LogP contribution in [0.25, 0.3) is 10.9 Å². The van der Waals surface area contributed by atoms with Crippen LogP contribution < -0.4 is 0 Å². The minimum absolute atomic E-state index is 0. The van der Waals surface area contributed by atoms with Crippen molar-refractivity contribution in [2.75, 3.05) is 0 Å². The SMILES string of the molecule is [Na].[Na].[Na].c1ccc2ncncc2c1. The molecule has 0 amide bonds. The van der Waals surface area contributed by atoms with Crippen molar-refractivity contribution in [1.29, 1.82) is 0 Å². The Morgan fingerprint density at radius 1 is 0.923 bits per heavy atom. The van der Waals surface area contributed by atoms with E-state index in [-0.39, 0.29) is 88.7 Å². The van der Waals surface area contributed by atoms with Crippen LogP contribution in [-0.2, 0) is 0 Å². The first-order chi connectivity index (χ1) is 4.97. The standard InChI is InChI=1S/C8H6N2.3Na/c1-2-4-8-7(3-1)5-9-6-10-8;;;/h1-6H;;;. The molecule has 1 heterocycles. The monoisotopic (exact) mass is 199 g/mol. The van der Waals surface area contributed by atoms with E-state index in [1.165, 1.54) is 0 Å². The molecule has 1 aromatic carbocycles. The Hall–Kier alpha value is 1.56. The zero-order valence-electron chi connectivity index (χ0n) is 8.36. The maximum atomic E-state index is 4.07. The van der Waals surface area contributed by atoms with Gasteiger partial charge in [0.15, 0.2) is 0 Å². The molecule has 13 heavy (non-hydrogen) atoms. The Kier molecular flexibility index (Phi) is 11.5. The molecule has 0 bridgehead atoms. The fourth-order valence-corrected chi connectivity index (χ4v) is 0.923. The second-order valence-electron chi connectivity index (χ2n) is 2.08. The summed E-state index contributed by atoms with van der Waals surface area (Å²) in [4.78, 5) is 7.97. The molecule has 2 nitrogen and oxygen atoms in total. The van der Waals surface area contributed by atoms with Gasteiger partial charge in [0.2, 0.25) is 0 Å². The summed E-state index contributed by atoms with van der Waals surface area (Å²) in [5, 5.41) is 1.09. The van der Waals surface area contributed by atoms with Crippen molar-refractivity contribution in [3.05, 3.63) is 36.8 Å². The second kappa shape index (κ2) is 8.84. The van der Waals surface area contributed by atoms with Gasteiger partial charge in [-0.3, -0.25) is 0 Å². The predicted molar refractivity (Wildman–Crippen MR) is 56.8 cm³/mol. The Bertz CT molecular complexity index is 288. The van der Waals surface area contributed by atoms with E-state index in [1.54, 1.807) is 6.33 Å². The van der Waals surface area contributed by atoms with Crippen LogP contribution in [0.4, 0.5) is 0 Å². The number of hydrogen-bond donors (Lipinski definition) is 0. The average Bonchev–Trinajstić information content (AvgIpc) is 2.05. The van der Waals surface area contributed by atoms with Crippen LogP contribution in [0.1, 0.15) is 0 Å². The van der Waals surface area contributed by atoms with Crippen molar-refractivity contribution in [1.82, 2.24) is 9.97 Å². The van der Waals surface area contributed by atoms with Crippen LogP contribution in [0.2, 0.25) is 0 Å². The number of hydrogen-bond acceptors (Lipinski definition) is 2. The number of nitrogens with zero attached hydrogens (tertiary/aromatic N) is 2. The van der Waals surface area contributed by atoms with Crippen molar-refractivity contribution < 1.29 is 0 Å². The Morgan fingerprint density at radius 2 is 1.62 bits per heavy atom. The van der Waals surface area contributed by atoms with Gasteiger partial charge in [-0.25, -0.2) is 9.97 Å². The predicted octanol–water partition coefficient (Wildman–Crippen LogP) is 0.487. The second-order valence-corrected chi connectivity index (χ2v) is 2.08. The van der Waals surface area contributed by atoms with Crippen LogP contribution >= 0.6 is 0 Å². The normalized spacial score (nSPS) is 7.69. The summed E-state index contributed by atoms with van der Waals surface area (Å²) in [7, 11) is 0. The molecule has 0 saturated carbocycles. The first-order valence-corrected chi connectivity index (χ1v) is 3.11. The minimum atomic E-state index is 0. The van der Waals surface area contributed by atoms with Crippen molar-refractivity contribution in [2.45, 2.75) is 0 Å². The molecule has 0 N–H and O–H groups in total. The zero-order chi connectivity index (χ0) is 6.81. The summed E-state index contributed by atoms with van der Waals surface area (Å²) in [5.74, 6) is 0. The summed E-state index contributed by atoms with van der Waals surface area (Å²) < 4.78 is 0. The topological polar surface area (TPSA) is 25.8 Å². The zero-order valence-corrected chi connectivity index (χ0v) is 14.4. The van der Waals surface area contributed by atoms with Crippen molar-refractivity contribution in [3.63, 3.8) is 0 Å². The molecule has 0 aliphatic rings. The van der Waals surface area contributed by atoms with Crippen molar-refractivity contribution in [2.24, 2.45) is 0 Å². The van der Waals surface area contributed by atoms with Gasteiger partial charge in [0.05, 0.1) is 5.52 Å². The Morgan fingerprint density at radius 3 is 2.31 bits per heavy atom. The molecule has 2 aromatic rings. The maximum Gasteiger partial charge on any atom is 0.116 e. The fourth-order valence-electron chi connectivity index (χ4n) is 0.923. The molecule has 0 fully saturated rings. The van der Waals surface area contributed by atoms with E-state index in [4.69, 9.17) is 0 Å². The number of para-hydroxylation sites is 1. The van der Waals surface area contributed by atoms with Crippen LogP contribution in [-0.4, -0.2) is 98.6 Å². The smallest absolute Gasteiger partial charge is 0.116 e. The third-order valence-electron chi connectivity index (χ3n) is 1.41. The molecule has 0 aliphatic carbocycles. The summed E-state index contributed by atoms with van der Waals surface area (Å²) in [6, 6.07) is 7.91. The number of benzene rings is 1. The molecular weight excluding hydrogens is 193 g/mol. The van der Waals surface area contributed by atoms with Crippen LogP contribution in [0, 0.1) is 0 Å². The minimum Gasteiger partial charge on any atom is -0.244 e. The van der Waals surface area contributed by atoms with Gasteiger partial charge in [0.25, 0.3) is 0 Å². The van der Waals surface area contributed by atoms with Crippen molar-refractivity contribution in [3.8, 4) is 0 Å².